The Kier molecular flexibility index (Phi) is 3.50. The highest BCUT2D eigenvalue weighted by atomic mass is 16.1. The monoisotopic (exact) mass is 333 g/mol. The van der Waals surface area contributed by atoms with Crippen molar-refractivity contribution in [1.29, 1.82) is 0 Å². The van der Waals surface area contributed by atoms with E-state index < -0.39 is 0 Å². The largest absolute Gasteiger partial charge is 0.334 e. The van der Waals surface area contributed by atoms with E-state index in [1.807, 2.05) is 29.8 Å². The Morgan fingerprint density at radius 3 is 2.72 bits per heavy atom. The first kappa shape index (κ1) is 15.0. The van der Waals surface area contributed by atoms with Gasteiger partial charge >= 0.3 is 0 Å². The van der Waals surface area contributed by atoms with E-state index in [0.717, 1.165) is 22.2 Å². The van der Waals surface area contributed by atoms with Crippen LogP contribution in [0, 0.1) is 0 Å². The first-order valence-corrected chi connectivity index (χ1v) is 7.64. The van der Waals surface area contributed by atoms with Gasteiger partial charge in [0.05, 0.1) is 35.5 Å². The fourth-order valence-corrected chi connectivity index (χ4v) is 2.63. The van der Waals surface area contributed by atoms with Crippen molar-refractivity contribution in [3.05, 3.63) is 54.7 Å². The highest BCUT2D eigenvalue weighted by Gasteiger charge is 2.10. The molecule has 0 aliphatic carbocycles. The van der Waals surface area contributed by atoms with Crippen LogP contribution in [0.3, 0.4) is 0 Å². The zero-order chi connectivity index (χ0) is 17.4. The number of benzene rings is 1. The van der Waals surface area contributed by atoms with Crippen LogP contribution >= 0.6 is 0 Å². The molecule has 0 unspecified atom stereocenters. The van der Waals surface area contributed by atoms with Crippen molar-refractivity contribution >= 4 is 22.6 Å². The summed E-state index contributed by atoms with van der Waals surface area (Å²) in [6, 6.07) is 7.68. The van der Waals surface area contributed by atoms with E-state index in [9.17, 15) is 4.79 Å². The predicted octanol–water partition coefficient (Wildman–Crippen LogP) is 2.02. The maximum atomic E-state index is 12.2. The van der Waals surface area contributed by atoms with Crippen molar-refractivity contribution in [3.63, 3.8) is 0 Å². The van der Waals surface area contributed by atoms with Gasteiger partial charge in [0, 0.05) is 31.2 Å². The third-order valence-corrected chi connectivity index (χ3v) is 3.91. The van der Waals surface area contributed by atoms with E-state index in [1.165, 1.54) is 6.20 Å². The van der Waals surface area contributed by atoms with Crippen LogP contribution < -0.4 is 5.32 Å². The van der Waals surface area contributed by atoms with Gasteiger partial charge in [0.15, 0.2) is 5.82 Å². The lowest BCUT2D eigenvalue weighted by Crippen LogP contribution is -2.12. The summed E-state index contributed by atoms with van der Waals surface area (Å²) in [6.07, 6.45) is 6.71. The Morgan fingerprint density at radius 2 is 2.00 bits per heavy atom. The first-order chi connectivity index (χ1) is 12.1. The molecule has 0 bridgehead atoms. The second-order valence-electron chi connectivity index (χ2n) is 5.75. The van der Waals surface area contributed by atoms with E-state index in [4.69, 9.17) is 0 Å². The molecule has 3 aromatic heterocycles. The molecule has 0 atom stereocenters. The van der Waals surface area contributed by atoms with Gasteiger partial charge in [-0.15, -0.1) is 10.2 Å². The summed E-state index contributed by atoms with van der Waals surface area (Å²) in [4.78, 5) is 16.4. The summed E-state index contributed by atoms with van der Waals surface area (Å²) in [5.74, 6) is 0.119. The Hall–Kier alpha value is -3.55. The summed E-state index contributed by atoms with van der Waals surface area (Å²) in [5, 5.41) is 15.9. The number of fused-ring (bicyclic) bond motifs is 1. The van der Waals surface area contributed by atoms with Gasteiger partial charge in [0.25, 0.3) is 5.91 Å². The topological polar surface area (TPSA) is 90.5 Å². The lowest BCUT2D eigenvalue weighted by Gasteiger charge is -2.06. The van der Waals surface area contributed by atoms with Gasteiger partial charge in [-0.2, -0.15) is 5.10 Å². The SMILES string of the molecule is Cn1cc(C(=O)Nc2cc3cc(-c4cncn4C)ccc3nn2)cn1. The maximum Gasteiger partial charge on any atom is 0.260 e. The van der Waals surface area contributed by atoms with Gasteiger partial charge in [-0.05, 0) is 18.2 Å². The number of carbonyl (C=O) groups excluding carboxylic acids is 1. The Balaban J connectivity index is 1.67. The Bertz CT molecular complexity index is 1080. The van der Waals surface area contributed by atoms with Crippen molar-refractivity contribution in [1.82, 2.24) is 29.5 Å². The number of aromatic nitrogens is 6. The summed E-state index contributed by atoms with van der Waals surface area (Å²) in [6.45, 7) is 0. The second kappa shape index (κ2) is 5.82. The number of nitrogens with one attached hydrogen (secondary N) is 1. The van der Waals surface area contributed by atoms with E-state index in [2.05, 4.69) is 25.6 Å². The molecule has 0 saturated carbocycles. The molecule has 0 fully saturated rings. The quantitative estimate of drug-likeness (QED) is 0.619. The molecule has 0 saturated heterocycles. The van der Waals surface area contributed by atoms with Crippen molar-refractivity contribution in [2.75, 3.05) is 5.32 Å². The van der Waals surface area contributed by atoms with Gasteiger partial charge in [0.1, 0.15) is 0 Å². The molecule has 8 heteroatoms. The minimum Gasteiger partial charge on any atom is -0.334 e. The van der Waals surface area contributed by atoms with Crippen LogP contribution in [0.15, 0.2) is 49.2 Å². The molecule has 0 aliphatic heterocycles. The number of amides is 1. The molecule has 1 amide bonds. The van der Waals surface area contributed by atoms with E-state index in [0.29, 0.717) is 11.4 Å². The van der Waals surface area contributed by atoms with Crippen LogP contribution in [0.5, 0.6) is 0 Å². The van der Waals surface area contributed by atoms with Crippen LogP contribution in [-0.4, -0.2) is 35.4 Å². The van der Waals surface area contributed by atoms with Gasteiger partial charge in [-0.3, -0.25) is 9.48 Å². The van der Waals surface area contributed by atoms with Crippen LogP contribution in [0.25, 0.3) is 22.2 Å². The van der Waals surface area contributed by atoms with Crippen molar-refractivity contribution in [2.45, 2.75) is 0 Å². The number of imidazole rings is 1. The molecular formula is C17H15N7O. The van der Waals surface area contributed by atoms with E-state index in [-0.39, 0.29) is 5.91 Å². The minimum atomic E-state index is -0.274. The molecule has 3 heterocycles. The number of nitrogens with zero attached hydrogens (tertiary/aromatic N) is 6. The second-order valence-corrected chi connectivity index (χ2v) is 5.75. The lowest BCUT2D eigenvalue weighted by molar-refractivity contribution is 0.102. The highest BCUT2D eigenvalue weighted by Crippen LogP contribution is 2.24. The normalized spacial score (nSPS) is 11.0. The summed E-state index contributed by atoms with van der Waals surface area (Å²) >= 11 is 0. The number of rotatable bonds is 3. The molecule has 4 aromatic rings. The molecule has 4 rings (SSSR count). The minimum absolute atomic E-state index is 0.274. The molecule has 124 valence electrons. The van der Waals surface area contributed by atoms with Crippen LogP contribution in [0.2, 0.25) is 0 Å². The third kappa shape index (κ3) is 2.85. The van der Waals surface area contributed by atoms with Gasteiger partial charge in [0.2, 0.25) is 0 Å². The number of anilines is 1. The molecule has 25 heavy (non-hydrogen) atoms. The number of hydrogen-bond donors (Lipinski definition) is 1. The molecular weight excluding hydrogens is 318 g/mol. The zero-order valence-electron chi connectivity index (χ0n) is 13.7. The molecule has 0 aliphatic rings. The summed E-state index contributed by atoms with van der Waals surface area (Å²) in [7, 11) is 3.70. The molecule has 1 aromatic carbocycles. The van der Waals surface area contributed by atoms with Gasteiger partial charge < -0.3 is 9.88 Å². The fourth-order valence-electron chi connectivity index (χ4n) is 2.63. The van der Waals surface area contributed by atoms with E-state index in [1.54, 1.807) is 36.5 Å². The fraction of sp³-hybridized carbons (Fsp3) is 0.118. The molecule has 1 N–H and O–H groups in total. The number of carbonyl (C=O) groups is 1. The standard InChI is InChI=1S/C17H15N7O/c1-23-10-18-8-15(23)11-3-4-14-12(5-11)6-16(22-21-14)20-17(25)13-7-19-24(2)9-13/h3-10H,1-2H3,(H,20,22,25). The summed E-state index contributed by atoms with van der Waals surface area (Å²) < 4.78 is 3.52. The van der Waals surface area contributed by atoms with E-state index >= 15 is 0 Å². The van der Waals surface area contributed by atoms with Crippen LogP contribution in [0.1, 0.15) is 10.4 Å². The smallest absolute Gasteiger partial charge is 0.260 e. The lowest BCUT2D eigenvalue weighted by atomic mass is 10.1. The van der Waals surface area contributed by atoms with Gasteiger partial charge in [-0.25, -0.2) is 4.98 Å². The number of aryl methyl sites for hydroxylation is 2. The molecule has 0 spiro atoms. The predicted molar refractivity (Wildman–Crippen MR) is 92.9 cm³/mol. The average molecular weight is 333 g/mol. The van der Waals surface area contributed by atoms with Crippen LogP contribution in [-0.2, 0) is 14.1 Å². The van der Waals surface area contributed by atoms with Crippen molar-refractivity contribution < 1.29 is 4.79 Å². The maximum absolute atomic E-state index is 12.2. The van der Waals surface area contributed by atoms with Crippen LogP contribution in [0.4, 0.5) is 5.82 Å². The molecule has 0 radical (unpaired) electrons. The third-order valence-electron chi connectivity index (χ3n) is 3.91. The highest BCUT2D eigenvalue weighted by molar-refractivity contribution is 6.04. The Morgan fingerprint density at radius 1 is 1.12 bits per heavy atom. The van der Waals surface area contributed by atoms with Gasteiger partial charge in [-0.1, -0.05) is 6.07 Å². The van der Waals surface area contributed by atoms with Crippen molar-refractivity contribution in [3.8, 4) is 11.3 Å². The zero-order valence-corrected chi connectivity index (χ0v) is 13.7. The molecule has 8 nitrogen and oxygen atoms in total. The average Bonchev–Trinajstić information content (AvgIpc) is 3.22. The Labute approximate surface area is 143 Å². The van der Waals surface area contributed by atoms with Crippen molar-refractivity contribution in [2.24, 2.45) is 14.1 Å². The summed E-state index contributed by atoms with van der Waals surface area (Å²) in [5.41, 5.74) is 3.24. The first-order valence-electron chi connectivity index (χ1n) is 7.64. The number of hydrogen-bond acceptors (Lipinski definition) is 5.